The van der Waals surface area contributed by atoms with Gasteiger partial charge in [-0.1, -0.05) is 227 Å². The average Bonchev–Trinajstić information content (AvgIpc) is 3.15. The molecular weight excluding hydrogens is 685 g/mol. The molecule has 0 saturated carbocycles. The molecule has 326 valence electrons. The van der Waals surface area contributed by atoms with Crippen molar-refractivity contribution in [3.05, 3.63) is 0 Å². The summed E-state index contributed by atoms with van der Waals surface area (Å²) in [5, 5.41) is 0. The predicted octanol–water partition coefficient (Wildman–Crippen LogP) is 15.4. The van der Waals surface area contributed by atoms with Crippen molar-refractivity contribution in [3.8, 4) is 0 Å². The van der Waals surface area contributed by atoms with Crippen LogP contribution < -0.4 is 0 Å². The summed E-state index contributed by atoms with van der Waals surface area (Å²) in [6.45, 7) is 11.3. The van der Waals surface area contributed by atoms with E-state index < -0.39 is 6.10 Å². The number of rotatable bonds is 43. The first-order valence-electron chi connectivity index (χ1n) is 24.2. The molecule has 0 aromatic rings. The highest BCUT2D eigenvalue weighted by atomic mass is 16.6. The third kappa shape index (κ3) is 43.4. The summed E-state index contributed by atoms with van der Waals surface area (Å²) in [5.74, 6) is 0.797. The molecule has 0 rings (SSSR count). The molecule has 0 aliphatic heterocycles. The molecule has 0 aliphatic rings. The molecular formula is C49H94O6. The molecule has 55 heavy (non-hydrogen) atoms. The Hall–Kier alpha value is -1.59. The standard InChI is InChI=1S/C49H94O6/c1-6-7-8-9-22-29-34-39-47(50)53-42-46(43-54-48(51)40-35-30-25-21-17-19-24-28-33-38-45(4)5)55-49(52)41-36-31-26-20-16-14-12-10-11-13-15-18-23-27-32-37-44(2)3/h44-46H,6-43H2,1-5H3/t46-/m1/s1. The molecule has 0 aromatic heterocycles. The molecule has 0 radical (unpaired) electrons. The minimum Gasteiger partial charge on any atom is -0.462 e. The first-order chi connectivity index (χ1) is 26.7. The zero-order valence-electron chi connectivity index (χ0n) is 37.6. The molecule has 0 spiro atoms. The lowest BCUT2D eigenvalue weighted by Crippen LogP contribution is -2.30. The molecule has 6 nitrogen and oxygen atoms in total. The van der Waals surface area contributed by atoms with E-state index in [1.54, 1.807) is 0 Å². The third-order valence-corrected chi connectivity index (χ3v) is 11.0. The van der Waals surface area contributed by atoms with E-state index in [9.17, 15) is 14.4 Å². The summed E-state index contributed by atoms with van der Waals surface area (Å²) in [6.07, 6.45) is 41.0. The van der Waals surface area contributed by atoms with Gasteiger partial charge in [0.1, 0.15) is 13.2 Å². The lowest BCUT2D eigenvalue weighted by atomic mass is 10.0. The minimum atomic E-state index is -0.760. The topological polar surface area (TPSA) is 78.9 Å². The molecule has 0 amide bonds. The van der Waals surface area contributed by atoms with Crippen LogP contribution in [0.25, 0.3) is 0 Å². The highest BCUT2D eigenvalue weighted by molar-refractivity contribution is 5.71. The van der Waals surface area contributed by atoms with Crippen LogP contribution in [0.4, 0.5) is 0 Å². The van der Waals surface area contributed by atoms with Crippen molar-refractivity contribution < 1.29 is 28.6 Å². The van der Waals surface area contributed by atoms with Crippen molar-refractivity contribution in [1.82, 2.24) is 0 Å². The van der Waals surface area contributed by atoms with Crippen molar-refractivity contribution in [2.45, 2.75) is 272 Å². The normalized spacial score (nSPS) is 12.1. The van der Waals surface area contributed by atoms with Gasteiger partial charge in [-0.2, -0.15) is 0 Å². The molecule has 0 fully saturated rings. The molecule has 0 N–H and O–H groups in total. The molecule has 0 aromatic carbocycles. The Morgan fingerprint density at radius 3 is 0.891 bits per heavy atom. The first-order valence-corrected chi connectivity index (χ1v) is 24.2. The summed E-state index contributed by atoms with van der Waals surface area (Å²) >= 11 is 0. The van der Waals surface area contributed by atoms with Crippen LogP contribution in [0.15, 0.2) is 0 Å². The molecule has 6 heteroatoms. The monoisotopic (exact) mass is 779 g/mol. The van der Waals surface area contributed by atoms with Crippen LogP contribution in [0, 0.1) is 11.8 Å². The van der Waals surface area contributed by atoms with Crippen LogP contribution in [-0.4, -0.2) is 37.2 Å². The van der Waals surface area contributed by atoms with Crippen LogP contribution in [-0.2, 0) is 28.6 Å². The van der Waals surface area contributed by atoms with E-state index in [2.05, 4.69) is 34.6 Å². The highest BCUT2D eigenvalue weighted by Gasteiger charge is 2.19. The lowest BCUT2D eigenvalue weighted by molar-refractivity contribution is -0.167. The van der Waals surface area contributed by atoms with Gasteiger partial charge in [-0.25, -0.2) is 0 Å². The van der Waals surface area contributed by atoms with Crippen molar-refractivity contribution in [1.29, 1.82) is 0 Å². The fourth-order valence-electron chi connectivity index (χ4n) is 7.28. The summed E-state index contributed by atoms with van der Waals surface area (Å²) in [6, 6.07) is 0. The Bertz CT molecular complexity index is 839. The van der Waals surface area contributed by atoms with Crippen LogP contribution in [0.1, 0.15) is 266 Å². The smallest absolute Gasteiger partial charge is 0.306 e. The minimum absolute atomic E-state index is 0.0649. The van der Waals surface area contributed by atoms with E-state index in [1.165, 1.54) is 154 Å². The SMILES string of the molecule is CCCCCCCCCC(=O)OC[C@H](COC(=O)CCCCCCCCCCCC(C)C)OC(=O)CCCCCCCCCCCCCCCCCC(C)C. The summed E-state index contributed by atoms with van der Waals surface area (Å²) in [5.41, 5.74) is 0. The highest BCUT2D eigenvalue weighted by Crippen LogP contribution is 2.17. The van der Waals surface area contributed by atoms with Gasteiger partial charge in [0, 0.05) is 19.3 Å². The van der Waals surface area contributed by atoms with Crippen molar-refractivity contribution >= 4 is 17.9 Å². The maximum atomic E-state index is 12.7. The Morgan fingerprint density at radius 2 is 0.600 bits per heavy atom. The van der Waals surface area contributed by atoms with Gasteiger partial charge in [-0.15, -0.1) is 0 Å². The van der Waals surface area contributed by atoms with Gasteiger partial charge in [0.15, 0.2) is 6.10 Å². The Kier molecular flexibility index (Phi) is 40.8. The van der Waals surface area contributed by atoms with Crippen molar-refractivity contribution in [3.63, 3.8) is 0 Å². The van der Waals surface area contributed by atoms with E-state index in [0.29, 0.717) is 19.3 Å². The zero-order chi connectivity index (χ0) is 40.5. The fraction of sp³-hybridized carbons (Fsp3) is 0.939. The van der Waals surface area contributed by atoms with Gasteiger partial charge in [0.05, 0.1) is 0 Å². The third-order valence-electron chi connectivity index (χ3n) is 11.0. The number of carbonyl (C=O) groups is 3. The molecule has 0 aliphatic carbocycles. The second kappa shape index (κ2) is 42.0. The summed E-state index contributed by atoms with van der Waals surface area (Å²) in [7, 11) is 0. The van der Waals surface area contributed by atoms with E-state index in [4.69, 9.17) is 14.2 Å². The second-order valence-corrected chi connectivity index (χ2v) is 17.7. The van der Waals surface area contributed by atoms with E-state index in [0.717, 1.165) is 69.6 Å². The second-order valence-electron chi connectivity index (χ2n) is 17.7. The summed E-state index contributed by atoms with van der Waals surface area (Å²) in [4.78, 5) is 37.7. The number of ether oxygens (including phenoxy) is 3. The number of hydrogen-bond acceptors (Lipinski definition) is 6. The summed E-state index contributed by atoms with van der Waals surface area (Å²) < 4.78 is 16.7. The van der Waals surface area contributed by atoms with Gasteiger partial charge in [-0.05, 0) is 31.1 Å². The number of unbranched alkanes of at least 4 members (excludes halogenated alkanes) is 28. The number of esters is 3. The first kappa shape index (κ1) is 53.4. The van der Waals surface area contributed by atoms with Gasteiger partial charge in [-0.3, -0.25) is 14.4 Å². The maximum absolute atomic E-state index is 12.7. The van der Waals surface area contributed by atoms with Gasteiger partial charge >= 0.3 is 17.9 Å². The Balaban J connectivity index is 4.21. The lowest BCUT2D eigenvalue weighted by Gasteiger charge is -2.18. The van der Waals surface area contributed by atoms with E-state index >= 15 is 0 Å². The van der Waals surface area contributed by atoms with Crippen LogP contribution in [0.2, 0.25) is 0 Å². The zero-order valence-corrected chi connectivity index (χ0v) is 37.6. The largest absolute Gasteiger partial charge is 0.462 e. The maximum Gasteiger partial charge on any atom is 0.306 e. The van der Waals surface area contributed by atoms with Gasteiger partial charge in [0.2, 0.25) is 0 Å². The number of carbonyl (C=O) groups excluding carboxylic acids is 3. The van der Waals surface area contributed by atoms with Crippen molar-refractivity contribution in [2.24, 2.45) is 11.8 Å². The van der Waals surface area contributed by atoms with E-state index in [1.807, 2.05) is 0 Å². The molecule has 0 heterocycles. The predicted molar refractivity (Wildman–Crippen MR) is 233 cm³/mol. The van der Waals surface area contributed by atoms with Gasteiger partial charge in [0.25, 0.3) is 0 Å². The van der Waals surface area contributed by atoms with E-state index in [-0.39, 0.29) is 31.1 Å². The fourth-order valence-corrected chi connectivity index (χ4v) is 7.28. The molecule has 1 atom stereocenters. The van der Waals surface area contributed by atoms with Crippen LogP contribution in [0.5, 0.6) is 0 Å². The molecule has 0 unspecified atom stereocenters. The average molecular weight is 779 g/mol. The Morgan fingerprint density at radius 1 is 0.345 bits per heavy atom. The van der Waals surface area contributed by atoms with Crippen LogP contribution in [0.3, 0.4) is 0 Å². The Labute approximate surface area is 342 Å². The van der Waals surface area contributed by atoms with Gasteiger partial charge < -0.3 is 14.2 Å². The quantitative estimate of drug-likeness (QED) is 0.0348. The van der Waals surface area contributed by atoms with Crippen LogP contribution >= 0.6 is 0 Å². The van der Waals surface area contributed by atoms with Crippen molar-refractivity contribution in [2.75, 3.05) is 13.2 Å². The molecule has 0 saturated heterocycles. The number of hydrogen-bond donors (Lipinski definition) is 0. The molecule has 0 bridgehead atoms.